The average Bonchev–Trinajstić information content (AvgIpc) is 2.79. The molecule has 1 atom stereocenters. The van der Waals surface area contributed by atoms with E-state index in [2.05, 4.69) is 10.6 Å². The lowest BCUT2D eigenvalue weighted by molar-refractivity contribution is -0.116. The molecule has 2 rings (SSSR count). The lowest BCUT2D eigenvalue weighted by Gasteiger charge is -2.17. The number of carbonyl (C=O) groups is 2. The third-order valence-electron chi connectivity index (χ3n) is 5.14. The lowest BCUT2D eigenvalue weighted by atomic mass is 9.99. The summed E-state index contributed by atoms with van der Waals surface area (Å²) in [7, 11) is 1.61. The average molecular weight is 463 g/mol. The molecule has 1 unspecified atom stereocenters. The Morgan fingerprint density at radius 3 is 2.06 bits per heavy atom. The number of hydrogen-bond acceptors (Lipinski definition) is 3. The van der Waals surface area contributed by atoms with Crippen LogP contribution in [0.1, 0.15) is 58.1 Å². The monoisotopic (exact) mass is 462 g/mol. The van der Waals surface area contributed by atoms with Crippen LogP contribution in [0, 0.1) is 5.92 Å². The maximum absolute atomic E-state index is 12.6. The minimum Gasteiger partial charge on any atom is -0.497 e. The molecule has 0 aliphatic carbocycles. The van der Waals surface area contributed by atoms with E-state index in [4.69, 9.17) is 4.74 Å². The van der Waals surface area contributed by atoms with E-state index in [0.717, 1.165) is 23.3 Å². The second-order valence-electron chi connectivity index (χ2n) is 8.16. The maximum Gasteiger partial charge on any atom is 0.319 e. The number of Topliss-reactive ketones (excluding diaryl/α,β-unsaturated/α-hetero) is 1. The molecule has 0 bridgehead atoms. The van der Waals surface area contributed by atoms with Gasteiger partial charge in [0, 0.05) is 31.5 Å². The summed E-state index contributed by atoms with van der Waals surface area (Å²) >= 11 is 0. The normalized spacial score (nSPS) is 11.6. The highest BCUT2D eigenvalue weighted by Crippen LogP contribution is 2.27. The zero-order valence-corrected chi connectivity index (χ0v) is 20.2. The molecule has 0 heterocycles. The quantitative estimate of drug-likeness (QED) is 0.417. The molecule has 0 radical (unpaired) electrons. The van der Waals surface area contributed by atoms with Crippen molar-refractivity contribution in [2.24, 2.45) is 5.92 Å². The van der Waals surface area contributed by atoms with Gasteiger partial charge in [-0.25, -0.2) is 13.6 Å². The van der Waals surface area contributed by atoms with Crippen LogP contribution in [-0.2, 0) is 17.8 Å². The molecule has 7 heteroatoms. The highest BCUT2D eigenvalue weighted by atomic mass is 19.3. The molecule has 2 aromatic carbocycles. The highest BCUT2D eigenvalue weighted by molar-refractivity contribution is 5.89. The van der Waals surface area contributed by atoms with Gasteiger partial charge in [0.05, 0.1) is 7.11 Å². The Hall–Kier alpha value is -2.96. The first-order valence-electron chi connectivity index (χ1n) is 11.2. The number of anilines is 1. The Bertz CT molecular complexity index is 853. The van der Waals surface area contributed by atoms with E-state index in [1.807, 2.05) is 50.2 Å². The second kappa shape index (κ2) is 14.2. The summed E-state index contributed by atoms with van der Waals surface area (Å²) in [6.45, 7) is 7.32. The van der Waals surface area contributed by atoms with Gasteiger partial charge in [-0.05, 0) is 48.2 Å². The number of nitrogens with one attached hydrogen (secondary N) is 2. The number of halogens is 2. The molecular weight excluding hydrogens is 426 g/mol. The summed E-state index contributed by atoms with van der Waals surface area (Å²) in [6, 6.07) is 14.5. The van der Waals surface area contributed by atoms with Gasteiger partial charge in [0.2, 0.25) is 5.92 Å². The molecule has 0 aliphatic heterocycles. The summed E-state index contributed by atoms with van der Waals surface area (Å²) in [5.74, 6) is -1.39. The van der Waals surface area contributed by atoms with E-state index in [0.29, 0.717) is 18.7 Å². The van der Waals surface area contributed by atoms with Crippen LogP contribution in [0.25, 0.3) is 0 Å². The van der Waals surface area contributed by atoms with E-state index in [-0.39, 0.29) is 30.6 Å². The van der Waals surface area contributed by atoms with E-state index in [9.17, 15) is 18.4 Å². The molecule has 0 aliphatic rings. The van der Waals surface area contributed by atoms with Crippen LogP contribution in [0.3, 0.4) is 0 Å². The summed E-state index contributed by atoms with van der Waals surface area (Å²) in [5, 5.41) is 5.54. The van der Waals surface area contributed by atoms with Crippen molar-refractivity contribution in [2.45, 2.75) is 65.8 Å². The van der Waals surface area contributed by atoms with Gasteiger partial charge >= 0.3 is 6.03 Å². The number of alkyl halides is 2. The third kappa shape index (κ3) is 12.0. The largest absolute Gasteiger partial charge is 0.497 e. The van der Waals surface area contributed by atoms with Gasteiger partial charge in [-0.3, -0.25) is 4.79 Å². The topological polar surface area (TPSA) is 67.4 Å². The summed E-state index contributed by atoms with van der Waals surface area (Å²) in [4.78, 5) is 22.9. The number of urea groups is 1. The first-order chi connectivity index (χ1) is 15.6. The van der Waals surface area contributed by atoms with Crippen molar-refractivity contribution in [3.63, 3.8) is 0 Å². The predicted octanol–water partition coefficient (Wildman–Crippen LogP) is 6.62. The number of amides is 2. The van der Waals surface area contributed by atoms with E-state index in [1.165, 1.54) is 6.92 Å². The number of hydrogen-bond donors (Lipinski definition) is 2. The van der Waals surface area contributed by atoms with E-state index < -0.39 is 5.92 Å². The molecule has 0 saturated heterocycles. The Balaban J connectivity index is 0.000000461. The van der Waals surface area contributed by atoms with Gasteiger partial charge in [0.1, 0.15) is 11.5 Å². The van der Waals surface area contributed by atoms with Crippen LogP contribution in [0.15, 0.2) is 48.5 Å². The fraction of sp³-hybridized carbons (Fsp3) is 0.462. The molecule has 2 amide bonds. The van der Waals surface area contributed by atoms with E-state index >= 15 is 0 Å². The van der Waals surface area contributed by atoms with Crippen LogP contribution in [0.4, 0.5) is 19.3 Å². The van der Waals surface area contributed by atoms with Gasteiger partial charge in [-0.15, -0.1) is 0 Å². The standard InChI is InChI=1S/C18H20N2O3.C8H16F2/c1-13(21)11-14-3-7-16(8-4-14)20-18(22)19-12-15-5-9-17(23-2)10-6-15;1-4-7(3)6-8(9,10)5-2/h3-10H,11-12H2,1-2H3,(H2,19,20,22);7H,4-6H2,1-3H3. The second-order valence-corrected chi connectivity index (χ2v) is 8.16. The number of ketones is 1. The molecule has 0 saturated carbocycles. The first-order valence-corrected chi connectivity index (χ1v) is 11.2. The third-order valence-corrected chi connectivity index (χ3v) is 5.14. The Morgan fingerprint density at radius 2 is 1.58 bits per heavy atom. The smallest absolute Gasteiger partial charge is 0.319 e. The fourth-order valence-electron chi connectivity index (χ4n) is 2.89. The Morgan fingerprint density at radius 1 is 1.00 bits per heavy atom. The number of carbonyl (C=O) groups excluding carboxylic acids is 2. The number of rotatable bonds is 10. The van der Waals surface area contributed by atoms with E-state index in [1.54, 1.807) is 26.2 Å². The summed E-state index contributed by atoms with van der Waals surface area (Å²) in [5.41, 5.74) is 2.60. The first kappa shape index (κ1) is 28.1. The Labute approximate surface area is 195 Å². The molecule has 33 heavy (non-hydrogen) atoms. The Kier molecular flexibility index (Phi) is 12.1. The van der Waals surface area contributed by atoms with Gasteiger partial charge in [-0.1, -0.05) is 51.5 Å². The lowest BCUT2D eigenvalue weighted by Crippen LogP contribution is -2.28. The van der Waals surface area contributed by atoms with Crippen molar-refractivity contribution in [3.8, 4) is 5.75 Å². The predicted molar refractivity (Wildman–Crippen MR) is 129 cm³/mol. The fourth-order valence-corrected chi connectivity index (χ4v) is 2.89. The van der Waals surface area contributed by atoms with Crippen LogP contribution in [0.5, 0.6) is 5.75 Å². The molecule has 182 valence electrons. The molecular formula is C26H36F2N2O3. The molecule has 2 N–H and O–H groups in total. The van der Waals surface area contributed by atoms with Crippen molar-refractivity contribution in [3.05, 3.63) is 59.7 Å². The molecule has 2 aromatic rings. The molecule has 0 aromatic heterocycles. The summed E-state index contributed by atoms with van der Waals surface area (Å²) < 4.78 is 30.3. The summed E-state index contributed by atoms with van der Waals surface area (Å²) in [6.07, 6.45) is 1.26. The molecule has 5 nitrogen and oxygen atoms in total. The minimum absolute atomic E-state index is 0.0304. The molecule has 0 spiro atoms. The van der Waals surface area contributed by atoms with Crippen LogP contribution in [0.2, 0.25) is 0 Å². The highest BCUT2D eigenvalue weighted by Gasteiger charge is 2.27. The minimum atomic E-state index is -2.44. The van der Waals surface area contributed by atoms with Crippen molar-refractivity contribution in [1.29, 1.82) is 0 Å². The van der Waals surface area contributed by atoms with Crippen LogP contribution >= 0.6 is 0 Å². The number of ether oxygens (including phenoxy) is 1. The van der Waals surface area contributed by atoms with Gasteiger partial charge in [0.25, 0.3) is 0 Å². The number of benzene rings is 2. The van der Waals surface area contributed by atoms with Crippen LogP contribution < -0.4 is 15.4 Å². The zero-order chi connectivity index (χ0) is 24.9. The van der Waals surface area contributed by atoms with Crippen molar-refractivity contribution < 1.29 is 23.1 Å². The van der Waals surface area contributed by atoms with Gasteiger partial charge in [0.15, 0.2) is 0 Å². The SMILES string of the molecule is CCC(C)CC(F)(F)CC.COc1ccc(CNC(=O)Nc2ccc(CC(C)=O)cc2)cc1. The van der Waals surface area contributed by atoms with Crippen molar-refractivity contribution in [1.82, 2.24) is 5.32 Å². The van der Waals surface area contributed by atoms with Crippen molar-refractivity contribution in [2.75, 3.05) is 12.4 Å². The van der Waals surface area contributed by atoms with Gasteiger partial charge in [-0.2, -0.15) is 0 Å². The maximum atomic E-state index is 12.6. The van der Waals surface area contributed by atoms with Gasteiger partial charge < -0.3 is 15.4 Å². The van der Waals surface area contributed by atoms with Crippen LogP contribution in [-0.4, -0.2) is 24.8 Å². The number of methoxy groups -OCH3 is 1. The van der Waals surface area contributed by atoms with Crippen molar-refractivity contribution >= 4 is 17.5 Å². The molecule has 0 fully saturated rings. The zero-order valence-electron chi connectivity index (χ0n) is 20.2.